The summed E-state index contributed by atoms with van der Waals surface area (Å²) in [6.45, 7) is 8.35. The van der Waals surface area contributed by atoms with Gasteiger partial charge in [0.05, 0.1) is 26.2 Å². The Bertz CT molecular complexity index is 655. The van der Waals surface area contributed by atoms with Crippen molar-refractivity contribution in [1.29, 1.82) is 0 Å². The average molecular weight is 427 g/mol. The lowest BCUT2D eigenvalue weighted by Crippen LogP contribution is -2.40. The van der Waals surface area contributed by atoms with Crippen LogP contribution in [0.1, 0.15) is 52.0 Å². The van der Waals surface area contributed by atoms with E-state index in [4.69, 9.17) is 23.7 Å². The zero-order chi connectivity index (χ0) is 22.5. The lowest BCUT2D eigenvalue weighted by atomic mass is 9.84. The molecule has 0 saturated heterocycles. The number of hydrogen-bond acceptors (Lipinski definition) is 7. The Kier molecular flexibility index (Phi) is 11.8. The van der Waals surface area contributed by atoms with Gasteiger partial charge in [-0.1, -0.05) is 19.4 Å². The van der Waals surface area contributed by atoms with Gasteiger partial charge in [-0.05, 0) is 44.9 Å². The minimum Gasteiger partial charge on any atom is -0.493 e. The summed E-state index contributed by atoms with van der Waals surface area (Å²) in [6.07, 6.45) is 0.867. The molecule has 0 aliphatic rings. The molecular weight excluding hydrogens is 392 g/mol. The minimum absolute atomic E-state index is 0.0667. The SMILES string of the molecule is CCCCOc1cc(C(C(OCC)OCC)C(C(=O)O)C(=O)OCC)ccc1OC. The lowest BCUT2D eigenvalue weighted by Gasteiger charge is -2.30. The highest BCUT2D eigenvalue weighted by Gasteiger charge is 2.43. The monoisotopic (exact) mass is 426 g/mol. The number of hydrogen-bond donors (Lipinski definition) is 1. The van der Waals surface area contributed by atoms with Gasteiger partial charge >= 0.3 is 11.9 Å². The largest absolute Gasteiger partial charge is 0.493 e. The van der Waals surface area contributed by atoms with Crippen LogP contribution in [0.4, 0.5) is 0 Å². The Morgan fingerprint density at radius 1 is 1.00 bits per heavy atom. The van der Waals surface area contributed by atoms with Gasteiger partial charge in [-0.15, -0.1) is 0 Å². The third kappa shape index (κ3) is 7.18. The molecule has 1 N–H and O–H groups in total. The van der Waals surface area contributed by atoms with E-state index in [1.165, 1.54) is 7.11 Å². The number of carbonyl (C=O) groups excluding carboxylic acids is 1. The van der Waals surface area contributed by atoms with Crippen molar-refractivity contribution in [3.05, 3.63) is 23.8 Å². The molecule has 8 heteroatoms. The van der Waals surface area contributed by atoms with Crippen LogP contribution in [0.25, 0.3) is 0 Å². The molecule has 0 fully saturated rings. The molecule has 1 rings (SSSR count). The fourth-order valence-electron chi connectivity index (χ4n) is 3.06. The third-order valence-corrected chi connectivity index (χ3v) is 4.45. The van der Waals surface area contributed by atoms with E-state index < -0.39 is 30.1 Å². The van der Waals surface area contributed by atoms with Crippen LogP contribution in [0, 0.1) is 5.92 Å². The van der Waals surface area contributed by atoms with Crippen molar-refractivity contribution in [1.82, 2.24) is 0 Å². The molecule has 0 aliphatic heterocycles. The first-order chi connectivity index (χ1) is 14.4. The highest BCUT2D eigenvalue weighted by Crippen LogP contribution is 2.37. The highest BCUT2D eigenvalue weighted by atomic mass is 16.7. The van der Waals surface area contributed by atoms with Gasteiger partial charge in [0.1, 0.15) is 0 Å². The van der Waals surface area contributed by atoms with Crippen molar-refractivity contribution < 1.29 is 38.4 Å². The van der Waals surface area contributed by atoms with E-state index >= 15 is 0 Å². The summed E-state index contributed by atoms with van der Waals surface area (Å²) in [5.41, 5.74) is 0.523. The van der Waals surface area contributed by atoms with Crippen molar-refractivity contribution in [3.8, 4) is 11.5 Å². The van der Waals surface area contributed by atoms with Crippen LogP contribution in [0.5, 0.6) is 11.5 Å². The van der Waals surface area contributed by atoms with E-state index in [1.54, 1.807) is 39.0 Å². The number of aliphatic carboxylic acids is 1. The fraction of sp³-hybridized carbons (Fsp3) is 0.636. The number of unbranched alkanes of at least 4 members (excludes halogenated alkanes) is 1. The molecule has 170 valence electrons. The maximum Gasteiger partial charge on any atom is 0.321 e. The molecule has 0 amide bonds. The van der Waals surface area contributed by atoms with Crippen LogP contribution >= 0.6 is 0 Å². The van der Waals surface area contributed by atoms with Crippen LogP contribution in [-0.4, -0.2) is 56.9 Å². The highest BCUT2D eigenvalue weighted by molar-refractivity contribution is 5.95. The average Bonchev–Trinajstić information content (AvgIpc) is 2.71. The molecule has 8 nitrogen and oxygen atoms in total. The summed E-state index contributed by atoms with van der Waals surface area (Å²) in [7, 11) is 1.53. The molecule has 2 atom stereocenters. The Labute approximate surface area is 178 Å². The van der Waals surface area contributed by atoms with Gasteiger partial charge < -0.3 is 28.8 Å². The summed E-state index contributed by atoms with van der Waals surface area (Å²) in [5, 5.41) is 9.86. The van der Waals surface area contributed by atoms with Crippen molar-refractivity contribution in [2.75, 3.05) is 33.5 Å². The molecule has 0 aromatic heterocycles. The second kappa shape index (κ2) is 13.8. The van der Waals surface area contributed by atoms with Crippen molar-refractivity contribution in [2.24, 2.45) is 5.92 Å². The van der Waals surface area contributed by atoms with Crippen molar-refractivity contribution >= 4 is 11.9 Å². The van der Waals surface area contributed by atoms with E-state index in [-0.39, 0.29) is 19.8 Å². The predicted molar refractivity (Wildman–Crippen MR) is 111 cm³/mol. The molecule has 0 radical (unpaired) electrons. The summed E-state index contributed by atoms with van der Waals surface area (Å²) in [4.78, 5) is 24.7. The van der Waals surface area contributed by atoms with E-state index in [2.05, 4.69) is 6.92 Å². The summed E-state index contributed by atoms with van der Waals surface area (Å²) < 4.78 is 27.6. The van der Waals surface area contributed by atoms with Gasteiger partial charge in [-0.3, -0.25) is 9.59 Å². The van der Waals surface area contributed by atoms with Crippen molar-refractivity contribution in [2.45, 2.75) is 52.7 Å². The predicted octanol–water partition coefficient (Wildman–Crippen LogP) is 3.62. The topological polar surface area (TPSA) is 101 Å². The molecule has 1 aromatic rings. The first-order valence-corrected chi connectivity index (χ1v) is 10.4. The third-order valence-electron chi connectivity index (χ3n) is 4.45. The van der Waals surface area contributed by atoms with Gasteiger partial charge in [-0.2, -0.15) is 0 Å². The van der Waals surface area contributed by atoms with Crippen LogP contribution in [0.2, 0.25) is 0 Å². The number of esters is 1. The Hall–Kier alpha value is -2.32. The van der Waals surface area contributed by atoms with E-state index in [9.17, 15) is 14.7 Å². The number of ether oxygens (including phenoxy) is 5. The zero-order valence-corrected chi connectivity index (χ0v) is 18.5. The van der Waals surface area contributed by atoms with Crippen LogP contribution < -0.4 is 9.47 Å². The van der Waals surface area contributed by atoms with Gasteiger partial charge in [-0.25, -0.2) is 0 Å². The molecule has 0 heterocycles. The van der Waals surface area contributed by atoms with Crippen LogP contribution in [0.15, 0.2) is 18.2 Å². The number of carboxylic acid groups (broad SMARTS) is 1. The number of carbonyl (C=O) groups is 2. The molecule has 2 unspecified atom stereocenters. The first kappa shape index (κ1) is 25.7. The van der Waals surface area contributed by atoms with Crippen LogP contribution in [0.3, 0.4) is 0 Å². The van der Waals surface area contributed by atoms with Crippen molar-refractivity contribution in [3.63, 3.8) is 0 Å². The Morgan fingerprint density at radius 3 is 2.17 bits per heavy atom. The van der Waals surface area contributed by atoms with Gasteiger partial charge in [0.2, 0.25) is 0 Å². The van der Waals surface area contributed by atoms with Gasteiger partial charge in [0, 0.05) is 13.2 Å². The minimum atomic E-state index is -1.51. The molecule has 30 heavy (non-hydrogen) atoms. The lowest BCUT2D eigenvalue weighted by molar-refractivity contribution is -0.181. The number of benzene rings is 1. The van der Waals surface area contributed by atoms with Gasteiger partial charge in [0.25, 0.3) is 0 Å². The molecule has 0 saturated carbocycles. The number of carboxylic acids is 1. The zero-order valence-electron chi connectivity index (χ0n) is 18.5. The smallest absolute Gasteiger partial charge is 0.321 e. The van der Waals surface area contributed by atoms with Crippen LogP contribution in [-0.2, 0) is 23.8 Å². The summed E-state index contributed by atoms with van der Waals surface area (Å²) in [6, 6.07) is 5.05. The quantitative estimate of drug-likeness (QED) is 0.196. The standard InChI is InChI=1S/C22H34O8/c1-6-10-13-30-17-14-15(11-12-16(17)26-5)18(22(28-8-3)29-9-4)19(20(23)24)21(25)27-7-2/h11-12,14,18-19,22H,6-10,13H2,1-5H3,(H,23,24). The molecule has 1 aromatic carbocycles. The fourth-order valence-corrected chi connectivity index (χ4v) is 3.06. The molecule has 0 bridgehead atoms. The Balaban J connectivity index is 3.49. The first-order valence-electron chi connectivity index (χ1n) is 10.4. The van der Waals surface area contributed by atoms with Gasteiger partial charge in [0.15, 0.2) is 23.7 Å². The maximum atomic E-state index is 12.6. The summed E-state index contributed by atoms with van der Waals surface area (Å²) >= 11 is 0. The molecular formula is C22H34O8. The molecule has 0 spiro atoms. The second-order valence-electron chi connectivity index (χ2n) is 6.49. The summed E-state index contributed by atoms with van der Waals surface area (Å²) in [5.74, 6) is -3.63. The number of rotatable bonds is 15. The number of methoxy groups -OCH3 is 1. The van der Waals surface area contributed by atoms with E-state index in [0.29, 0.717) is 23.7 Å². The maximum absolute atomic E-state index is 12.6. The Morgan fingerprint density at radius 2 is 1.67 bits per heavy atom. The molecule has 0 aliphatic carbocycles. The normalized spacial score (nSPS) is 13.0. The second-order valence-corrected chi connectivity index (χ2v) is 6.49. The van der Waals surface area contributed by atoms with E-state index in [1.807, 2.05) is 0 Å². The van der Waals surface area contributed by atoms with E-state index in [0.717, 1.165) is 12.8 Å².